The number of ether oxygens (including phenoxy) is 2. The molecule has 0 bridgehead atoms. The number of hydrogen-bond donors (Lipinski definition) is 2. The van der Waals surface area contributed by atoms with Crippen LogP contribution in [0.1, 0.15) is 6.92 Å². The van der Waals surface area contributed by atoms with Crippen LogP contribution in [0.4, 0.5) is 17.1 Å². The van der Waals surface area contributed by atoms with Gasteiger partial charge in [0.05, 0.1) is 36.6 Å². The molecule has 2 aromatic rings. The predicted octanol–water partition coefficient (Wildman–Crippen LogP) is 3.05. The van der Waals surface area contributed by atoms with Crippen LogP contribution in [-0.4, -0.2) is 31.1 Å². The molecular formula is C17H19N3O5. The molecule has 8 heteroatoms. The Morgan fingerprint density at radius 2 is 1.76 bits per heavy atom. The second kappa shape index (κ2) is 8.00. The maximum Gasteiger partial charge on any atom is 0.273 e. The highest BCUT2D eigenvalue weighted by atomic mass is 16.6. The molecule has 1 amide bonds. The molecule has 25 heavy (non-hydrogen) atoms. The van der Waals surface area contributed by atoms with Gasteiger partial charge in [-0.3, -0.25) is 14.9 Å². The normalized spacial score (nSPS) is 11.3. The number of nitrogens with one attached hydrogen (secondary N) is 2. The van der Waals surface area contributed by atoms with E-state index in [0.29, 0.717) is 17.1 Å². The Morgan fingerprint density at radius 1 is 1.08 bits per heavy atom. The zero-order valence-electron chi connectivity index (χ0n) is 14.1. The van der Waals surface area contributed by atoms with Gasteiger partial charge in [0.1, 0.15) is 17.5 Å². The topological polar surface area (TPSA) is 103 Å². The summed E-state index contributed by atoms with van der Waals surface area (Å²) in [6.07, 6.45) is 0. The van der Waals surface area contributed by atoms with E-state index in [0.717, 1.165) is 0 Å². The number of hydrogen-bond acceptors (Lipinski definition) is 6. The van der Waals surface area contributed by atoms with Crippen LogP contribution >= 0.6 is 0 Å². The maximum atomic E-state index is 12.4. The van der Waals surface area contributed by atoms with Crippen LogP contribution < -0.4 is 20.1 Å². The van der Waals surface area contributed by atoms with Crippen molar-refractivity contribution in [3.63, 3.8) is 0 Å². The molecule has 0 saturated heterocycles. The number of nitrogens with zero attached hydrogens (tertiary/aromatic N) is 1. The minimum absolute atomic E-state index is 0.116. The van der Waals surface area contributed by atoms with Gasteiger partial charge in [-0.05, 0) is 25.1 Å². The van der Waals surface area contributed by atoms with Gasteiger partial charge in [-0.1, -0.05) is 12.1 Å². The fourth-order valence-electron chi connectivity index (χ4n) is 2.20. The first-order valence-electron chi connectivity index (χ1n) is 7.49. The number of carbonyl (C=O) groups excluding carboxylic acids is 1. The van der Waals surface area contributed by atoms with Gasteiger partial charge in [0.25, 0.3) is 5.69 Å². The summed E-state index contributed by atoms with van der Waals surface area (Å²) in [4.78, 5) is 22.7. The summed E-state index contributed by atoms with van der Waals surface area (Å²) in [6, 6.07) is 10.7. The number of benzene rings is 2. The quantitative estimate of drug-likeness (QED) is 0.590. The van der Waals surface area contributed by atoms with E-state index >= 15 is 0 Å². The van der Waals surface area contributed by atoms with Crippen molar-refractivity contribution in [2.24, 2.45) is 0 Å². The smallest absolute Gasteiger partial charge is 0.273 e. The minimum Gasteiger partial charge on any atom is -0.495 e. The number of para-hydroxylation sites is 2. The van der Waals surface area contributed by atoms with Crippen molar-refractivity contribution in [3.05, 3.63) is 52.6 Å². The van der Waals surface area contributed by atoms with E-state index in [9.17, 15) is 14.9 Å². The fraction of sp³-hybridized carbons (Fsp3) is 0.235. The lowest BCUT2D eigenvalue weighted by Gasteiger charge is -2.18. The Balaban J connectivity index is 2.12. The van der Waals surface area contributed by atoms with Crippen molar-refractivity contribution < 1.29 is 19.2 Å². The van der Waals surface area contributed by atoms with Gasteiger partial charge in [-0.2, -0.15) is 0 Å². The van der Waals surface area contributed by atoms with Crippen LogP contribution in [0, 0.1) is 10.1 Å². The molecule has 0 fully saturated rings. The highest BCUT2D eigenvalue weighted by Crippen LogP contribution is 2.29. The van der Waals surface area contributed by atoms with Crippen molar-refractivity contribution in [1.29, 1.82) is 0 Å². The third-order valence-corrected chi connectivity index (χ3v) is 3.53. The van der Waals surface area contributed by atoms with Crippen LogP contribution in [0.25, 0.3) is 0 Å². The molecule has 1 atom stereocenters. The van der Waals surface area contributed by atoms with Crippen molar-refractivity contribution in [2.45, 2.75) is 13.0 Å². The van der Waals surface area contributed by atoms with Crippen molar-refractivity contribution >= 4 is 23.0 Å². The first kappa shape index (κ1) is 18.1. The lowest BCUT2D eigenvalue weighted by Crippen LogP contribution is -2.32. The molecule has 0 aliphatic carbocycles. The van der Waals surface area contributed by atoms with Gasteiger partial charge >= 0.3 is 0 Å². The van der Waals surface area contributed by atoms with E-state index in [1.165, 1.54) is 25.3 Å². The van der Waals surface area contributed by atoms with Crippen LogP contribution in [0.5, 0.6) is 11.5 Å². The summed E-state index contributed by atoms with van der Waals surface area (Å²) in [5.74, 6) is 0.514. The molecule has 0 unspecified atom stereocenters. The molecule has 0 heterocycles. The van der Waals surface area contributed by atoms with Gasteiger partial charge in [0, 0.05) is 6.07 Å². The predicted molar refractivity (Wildman–Crippen MR) is 94.4 cm³/mol. The maximum absolute atomic E-state index is 12.4. The summed E-state index contributed by atoms with van der Waals surface area (Å²) in [5, 5.41) is 16.6. The highest BCUT2D eigenvalue weighted by Gasteiger charge is 2.18. The molecule has 2 aromatic carbocycles. The van der Waals surface area contributed by atoms with E-state index in [4.69, 9.17) is 9.47 Å². The summed E-state index contributed by atoms with van der Waals surface area (Å²) in [6.45, 7) is 1.69. The summed E-state index contributed by atoms with van der Waals surface area (Å²) >= 11 is 0. The number of anilines is 2. The molecule has 0 saturated carbocycles. The number of amides is 1. The Hall–Kier alpha value is -3.29. The Labute approximate surface area is 144 Å². The average molecular weight is 345 g/mol. The van der Waals surface area contributed by atoms with Crippen LogP contribution in [0.15, 0.2) is 42.5 Å². The van der Waals surface area contributed by atoms with Crippen molar-refractivity contribution in [3.8, 4) is 11.5 Å². The fourth-order valence-corrected chi connectivity index (χ4v) is 2.20. The molecule has 2 N–H and O–H groups in total. The molecular weight excluding hydrogens is 326 g/mol. The summed E-state index contributed by atoms with van der Waals surface area (Å²) < 4.78 is 10.4. The van der Waals surface area contributed by atoms with E-state index in [-0.39, 0.29) is 17.3 Å². The second-order valence-corrected chi connectivity index (χ2v) is 5.20. The molecule has 132 valence electrons. The molecule has 8 nitrogen and oxygen atoms in total. The third kappa shape index (κ3) is 4.37. The molecule has 0 aromatic heterocycles. The second-order valence-electron chi connectivity index (χ2n) is 5.20. The van der Waals surface area contributed by atoms with Crippen molar-refractivity contribution in [2.75, 3.05) is 24.9 Å². The largest absolute Gasteiger partial charge is 0.495 e. The lowest BCUT2D eigenvalue weighted by molar-refractivity contribution is -0.384. The number of non-ortho nitro benzene ring substituents is 1. The molecule has 0 aliphatic heterocycles. The van der Waals surface area contributed by atoms with E-state index < -0.39 is 11.0 Å². The monoisotopic (exact) mass is 345 g/mol. The van der Waals surface area contributed by atoms with E-state index in [1.807, 2.05) is 12.1 Å². The van der Waals surface area contributed by atoms with E-state index in [1.54, 1.807) is 26.2 Å². The number of nitro benzene ring substituents is 1. The lowest BCUT2D eigenvalue weighted by atomic mass is 10.2. The Kier molecular flexibility index (Phi) is 5.78. The number of carbonyl (C=O) groups is 1. The SMILES string of the molecule is COc1cc([N+](=O)[O-])ccc1NC(=O)[C@H](C)Nc1ccccc1OC. The Bertz CT molecular complexity index is 779. The van der Waals surface area contributed by atoms with Gasteiger partial charge in [0.15, 0.2) is 0 Å². The third-order valence-electron chi connectivity index (χ3n) is 3.53. The van der Waals surface area contributed by atoms with Gasteiger partial charge in [-0.15, -0.1) is 0 Å². The van der Waals surface area contributed by atoms with Gasteiger partial charge in [0.2, 0.25) is 5.91 Å². The zero-order valence-corrected chi connectivity index (χ0v) is 14.1. The van der Waals surface area contributed by atoms with Gasteiger partial charge in [-0.25, -0.2) is 0 Å². The molecule has 2 rings (SSSR count). The number of methoxy groups -OCH3 is 2. The average Bonchev–Trinajstić information content (AvgIpc) is 2.62. The van der Waals surface area contributed by atoms with Crippen LogP contribution in [0.3, 0.4) is 0 Å². The van der Waals surface area contributed by atoms with Gasteiger partial charge < -0.3 is 20.1 Å². The Morgan fingerprint density at radius 3 is 2.40 bits per heavy atom. The highest BCUT2D eigenvalue weighted by molar-refractivity contribution is 5.97. The van der Waals surface area contributed by atoms with Crippen LogP contribution in [0.2, 0.25) is 0 Å². The number of rotatable bonds is 7. The molecule has 0 radical (unpaired) electrons. The standard InChI is InChI=1S/C17H19N3O5/c1-11(18-13-6-4-5-7-15(13)24-2)17(21)19-14-9-8-12(20(22)23)10-16(14)25-3/h4-11,18H,1-3H3,(H,19,21)/t11-/m0/s1. The molecule has 0 spiro atoms. The zero-order chi connectivity index (χ0) is 18.4. The minimum atomic E-state index is -0.573. The molecule has 0 aliphatic rings. The summed E-state index contributed by atoms with van der Waals surface area (Å²) in [5.41, 5.74) is 0.921. The number of nitro groups is 1. The van der Waals surface area contributed by atoms with Crippen LogP contribution in [-0.2, 0) is 4.79 Å². The first-order valence-corrected chi connectivity index (χ1v) is 7.49. The summed E-state index contributed by atoms with van der Waals surface area (Å²) in [7, 11) is 2.93. The van der Waals surface area contributed by atoms with E-state index in [2.05, 4.69) is 10.6 Å². The van der Waals surface area contributed by atoms with Crippen molar-refractivity contribution in [1.82, 2.24) is 0 Å². The first-order chi connectivity index (χ1) is 12.0.